The summed E-state index contributed by atoms with van der Waals surface area (Å²) in [4.78, 5) is 4.34. The summed E-state index contributed by atoms with van der Waals surface area (Å²) < 4.78 is 63.7. The standard InChI is InChI=1S/C17H20F4N2OS/c1-3-4-7-22-16(12-5-6-12)23-14-9-15(11(2)8-13(14)18)25(24)10-17(19,20)21/h3-4,8-9,12H,5-7,10H2,1-2H3,(H,22,23). The van der Waals surface area contributed by atoms with Gasteiger partial charge in [0, 0.05) is 10.8 Å². The number of alkyl halides is 3. The molecule has 1 atom stereocenters. The van der Waals surface area contributed by atoms with Crippen LogP contribution in [0.2, 0.25) is 0 Å². The van der Waals surface area contributed by atoms with Crippen LogP contribution in [0.15, 0.2) is 34.2 Å². The fourth-order valence-electron chi connectivity index (χ4n) is 2.24. The van der Waals surface area contributed by atoms with E-state index in [0.29, 0.717) is 12.4 Å². The Hall–Kier alpha value is -1.70. The van der Waals surface area contributed by atoms with Crippen LogP contribution in [-0.2, 0) is 10.8 Å². The lowest BCUT2D eigenvalue weighted by Crippen LogP contribution is -2.20. The van der Waals surface area contributed by atoms with Gasteiger partial charge in [-0.2, -0.15) is 13.2 Å². The Morgan fingerprint density at radius 2 is 2.08 bits per heavy atom. The maximum absolute atomic E-state index is 14.2. The summed E-state index contributed by atoms with van der Waals surface area (Å²) in [5, 5.41) is 2.88. The first-order chi connectivity index (χ1) is 11.7. The van der Waals surface area contributed by atoms with Crippen LogP contribution in [-0.4, -0.2) is 28.5 Å². The molecule has 0 aromatic heterocycles. The number of hydrogen-bond donors (Lipinski definition) is 1. The van der Waals surface area contributed by atoms with E-state index >= 15 is 0 Å². The molecular weight excluding hydrogens is 356 g/mol. The molecule has 1 fully saturated rings. The summed E-state index contributed by atoms with van der Waals surface area (Å²) in [6, 6.07) is 2.29. The number of aliphatic imine (C=N–C) groups is 1. The van der Waals surface area contributed by atoms with Gasteiger partial charge in [0.25, 0.3) is 0 Å². The van der Waals surface area contributed by atoms with Crippen LogP contribution in [0.25, 0.3) is 0 Å². The Kier molecular flexibility index (Phi) is 6.37. The molecule has 1 N–H and O–H groups in total. The van der Waals surface area contributed by atoms with Crippen molar-refractivity contribution in [1.82, 2.24) is 0 Å². The Balaban J connectivity index is 2.26. The number of benzene rings is 1. The zero-order valence-corrected chi connectivity index (χ0v) is 14.8. The Morgan fingerprint density at radius 3 is 2.64 bits per heavy atom. The molecule has 0 bridgehead atoms. The van der Waals surface area contributed by atoms with Gasteiger partial charge >= 0.3 is 6.18 Å². The highest BCUT2D eigenvalue weighted by atomic mass is 32.2. The predicted molar refractivity (Wildman–Crippen MR) is 91.9 cm³/mol. The number of rotatable bonds is 6. The topological polar surface area (TPSA) is 41.5 Å². The van der Waals surface area contributed by atoms with Crippen LogP contribution in [0, 0.1) is 18.7 Å². The minimum atomic E-state index is -4.55. The molecule has 138 valence electrons. The van der Waals surface area contributed by atoms with Gasteiger partial charge in [-0.3, -0.25) is 9.20 Å². The molecule has 8 heteroatoms. The first kappa shape index (κ1) is 19.6. The predicted octanol–water partition coefficient (Wildman–Crippen LogP) is 4.60. The fourth-order valence-corrected chi connectivity index (χ4v) is 3.36. The minimum Gasteiger partial charge on any atom is -0.341 e. The van der Waals surface area contributed by atoms with Gasteiger partial charge < -0.3 is 5.32 Å². The number of amidine groups is 1. The summed E-state index contributed by atoms with van der Waals surface area (Å²) >= 11 is 0. The molecule has 1 aliphatic rings. The number of hydrogen-bond acceptors (Lipinski definition) is 2. The van der Waals surface area contributed by atoms with Gasteiger partial charge in [0.05, 0.1) is 23.0 Å². The highest BCUT2D eigenvalue weighted by Crippen LogP contribution is 2.33. The van der Waals surface area contributed by atoms with Gasteiger partial charge in [-0.15, -0.1) is 0 Å². The highest BCUT2D eigenvalue weighted by molar-refractivity contribution is 7.85. The van der Waals surface area contributed by atoms with E-state index in [9.17, 15) is 21.8 Å². The number of halogens is 4. The zero-order valence-electron chi connectivity index (χ0n) is 14.0. The van der Waals surface area contributed by atoms with E-state index in [-0.39, 0.29) is 22.1 Å². The SMILES string of the molecule is CC=CCN=C(Nc1cc(S(=O)CC(F)(F)F)c(C)cc1F)C1CC1. The highest BCUT2D eigenvalue weighted by Gasteiger charge is 2.32. The van der Waals surface area contributed by atoms with Crippen molar-refractivity contribution >= 4 is 22.3 Å². The normalized spacial score (nSPS) is 17.1. The molecular formula is C17H20F4N2OS. The molecule has 25 heavy (non-hydrogen) atoms. The summed E-state index contributed by atoms with van der Waals surface area (Å²) in [5.74, 6) is -1.25. The molecule has 0 radical (unpaired) electrons. The van der Waals surface area contributed by atoms with E-state index < -0.39 is 28.5 Å². The number of anilines is 1. The number of allylic oxidation sites excluding steroid dienone is 1. The van der Waals surface area contributed by atoms with E-state index in [1.54, 1.807) is 0 Å². The molecule has 0 aliphatic heterocycles. The van der Waals surface area contributed by atoms with Gasteiger partial charge in [-0.25, -0.2) is 4.39 Å². The molecule has 0 amide bonds. The van der Waals surface area contributed by atoms with Crippen LogP contribution in [0.5, 0.6) is 0 Å². The summed E-state index contributed by atoms with van der Waals surface area (Å²) in [7, 11) is -2.28. The first-order valence-corrected chi connectivity index (χ1v) is 9.21. The van der Waals surface area contributed by atoms with Gasteiger partial charge in [0.1, 0.15) is 17.4 Å². The van der Waals surface area contributed by atoms with Crippen molar-refractivity contribution in [3.8, 4) is 0 Å². The van der Waals surface area contributed by atoms with E-state index in [1.165, 1.54) is 13.0 Å². The third-order valence-corrected chi connectivity index (χ3v) is 5.15. The van der Waals surface area contributed by atoms with Crippen LogP contribution in [0.4, 0.5) is 23.2 Å². The molecule has 1 aromatic rings. The van der Waals surface area contributed by atoms with Crippen molar-refractivity contribution in [2.75, 3.05) is 17.6 Å². The molecule has 1 aromatic carbocycles. The van der Waals surface area contributed by atoms with Crippen molar-refractivity contribution in [1.29, 1.82) is 0 Å². The second-order valence-corrected chi connectivity index (χ2v) is 7.32. The lowest BCUT2D eigenvalue weighted by molar-refractivity contribution is -0.105. The zero-order chi connectivity index (χ0) is 18.6. The average Bonchev–Trinajstić information content (AvgIpc) is 3.31. The minimum absolute atomic E-state index is 0.00209. The van der Waals surface area contributed by atoms with E-state index in [1.807, 2.05) is 19.1 Å². The molecule has 0 spiro atoms. The molecule has 1 saturated carbocycles. The second-order valence-electron chi connectivity index (χ2n) is 5.90. The van der Waals surface area contributed by atoms with E-state index in [0.717, 1.165) is 18.9 Å². The number of nitrogens with zero attached hydrogens (tertiary/aromatic N) is 1. The maximum Gasteiger partial charge on any atom is 0.400 e. The van der Waals surface area contributed by atoms with Gasteiger partial charge in [-0.05, 0) is 44.4 Å². The van der Waals surface area contributed by atoms with Crippen molar-refractivity contribution in [2.45, 2.75) is 37.8 Å². The largest absolute Gasteiger partial charge is 0.400 e. The fraction of sp³-hybridized carbons (Fsp3) is 0.471. The van der Waals surface area contributed by atoms with Gasteiger partial charge in [0.2, 0.25) is 0 Å². The van der Waals surface area contributed by atoms with Gasteiger partial charge in [0.15, 0.2) is 0 Å². The first-order valence-electron chi connectivity index (χ1n) is 7.89. The monoisotopic (exact) mass is 376 g/mol. The van der Waals surface area contributed by atoms with Crippen LogP contribution in [0.1, 0.15) is 25.3 Å². The molecule has 1 unspecified atom stereocenters. The molecule has 2 rings (SSSR count). The Labute approximate surface area is 146 Å². The number of aryl methyl sites for hydroxylation is 1. The van der Waals surface area contributed by atoms with Crippen LogP contribution in [0.3, 0.4) is 0 Å². The molecule has 0 saturated heterocycles. The Morgan fingerprint density at radius 1 is 1.40 bits per heavy atom. The smallest absolute Gasteiger partial charge is 0.341 e. The lowest BCUT2D eigenvalue weighted by Gasteiger charge is -2.14. The summed E-state index contributed by atoms with van der Waals surface area (Å²) in [6.45, 7) is 3.75. The van der Waals surface area contributed by atoms with E-state index in [4.69, 9.17) is 0 Å². The molecule has 3 nitrogen and oxygen atoms in total. The Bertz CT molecular complexity index is 709. The quantitative estimate of drug-likeness (QED) is 0.341. The lowest BCUT2D eigenvalue weighted by atomic mass is 10.2. The van der Waals surface area contributed by atoms with Gasteiger partial charge in [-0.1, -0.05) is 12.2 Å². The third-order valence-electron chi connectivity index (χ3n) is 3.63. The second kappa shape index (κ2) is 8.12. The maximum atomic E-state index is 14.2. The summed E-state index contributed by atoms with van der Waals surface area (Å²) in [5.41, 5.74) is 0.228. The third kappa shape index (κ3) is 5.95. The van der Waals surface area contributed by atoms with Crippen LogP contribution >= 0.6 is 0 Å². The summed E-state index contributed by atoms with van der Waals surface area (Å²) in [6.07, 6.45) is 1.01. The van der Waals surface area contributed by atoms with Crippen molar-refractivity contribution in [3.05, 3.63) is 35.7 Å². The number of nitrogens with one attached hydrogen (secondary N) is 1. The van der Waals surface area contributed by atoms with Crippen molar-refractivity contribution in [2.24, 2.45) is 10.9 Å². The molecule has 1 aliphatic carbocycles. The molecule has 0 heterocycles. The van der Waals surface area contributed by atoms with Crippen molar-refractivity contribution in [3.63, 3.8) is 0 Å². The van der Waals surface area contributed by atoms with Crippen LogP contribution < -0.4 is 5.32 Å². The van der Waals surface area contributed by atoms with E-state index in [2.05, 4.69) is 10.3 Å². The van der Waals surface area contributed by atoms with Crippen molar-refractivity contribution < 1.29 is 21.8 Å². The average molecular weight is 376 g/mol.